The van der Waals surface area contributed by atoms with Crippen molar-refractivity contribution in [3.05, 3.63) is 56.5 Å². The molecule has 4 rings (SSSR count). The van der Waals surface area contributed by atoms with Crippen LogP contribution in [0.2, 0.25) is 5.02 Å². The van der Waals surface area contributed by atoms with Gasteiger partial charge in [0, 0.05) is 18.1 Å². The summed E-state index contributed by atoms with van der Waals surface area (Å²) >= 11 is 14.2. The number of nitrogens with zero attached hydrogens (tertiary/aromatic N) is 3. The smallest absolute Gasteiger partial charge is 0.233 e. The Kier molecular flexibility index (Phi) is 6.86. The van der Waals surface area contributed by atoms with Gasteiger partial charge in [0.15, 0.2) is 19.8 Å². The van der Waals surface area contributed by atoms with Gasteiger partial charge in [0.25, 0.3) is 0 Å². The van der Waals surface area contributed by atoms with Crippen molar-refractivity contribution in [3.8, 4) is 17.2 Å². The van der Waals surface area contributed by atoms with E-state index < -0.39 is 0 Å². The van der Waals surface area contributed by atoms with E-state index in [1.807, 2.05) is 29.2 Å². The quantitative estimate of drug-likeness (QED) is 0.355. The predicted molar refractivity (Wildman–Crippen MR) is 127 cm³/mol. The average molecular weight is 494 g/mol. The lowest BCUT2D eigenvalue weighted by Gasteiger charge is -2.29. The number of fused-ring (bicyclic) bond motifs is 1. The molecule has 1 aliphatic rings. The van der Waals surface area contributed by atoms with Crippen molar-refractivity contribution in [2.24, 2.45) is 0 Å². The summed E-state index contributed by atoms with van der Waals surface area (Å²) in [6.07, 6.45) is 0.788. The first-order chi connectivity index (χ1) is 15.0. The highest BCUT2D eigenvalue weighted by Crippen LogP contribution is 2.33. The van der Waals surface area contributed by atoms with Crippen LogP contribution in [0.3, 0.4) is 0 Å². The molecule has 31 heavy (non-hydrogen) atoms. The maximum atomic E-state index is 12.8. The number of benzene rings is 2. The van der Waals surface area contributed by atoms with Gasteiger partial charge in [-0.1, -0.05) is 34.7 Å². The zero-order chi connectivity index (χ0) is 22.0. The van der Waals surface area contributed by atoms with Gasteiger partial charge in [0.1, 0.15) is 0 Å². The molecule has 2 aromatic carbocycles. The monoisotopic (exact) mass is 493 g/mol. The van der Waals surface area contributed by atoms with Crippen molar-refractivity contribution in [1.82, 2.24) is 14.7 Å². The summed E-state index contributed by atoms with van der Waals surface area (Å²) in [7, 11) is 3.24. The molecule has 0 N–H and O–H groups in total. The fraction of sp³-hybridized carbons (Fsp3) is 0.286. The number of ether oxygens (including phenoxy) is 2. The van der Waals surface area contributed by atoms with E-state index in [0.29, 0.717) is 39.3 Å². The summed E-state index contributed by atoms with van der Waals surface area (Å²) < 4.78 is 13.9. The molecule has 1 aromatic heterocycles. The summed E-state index contributed by atoms with van der Waals surface area (Å²) in [6.45, 7) is 1.24. The highest BCUT2D eigenvalue weighted by Gasteiger charge is 2.23. The molecule has 0 unspecified atom stereocenters. The first kappa shape index (κ1) is 22.1. The molecule has 162 valence electrons. The Balaban J connectivity index is 1.41. The number of hydrogen-bond acceptors (Lipinski definition) is 7. The third kappa shape index (κ3) is 4.90. The number of carbonyl (C=O) groups is 1. The number of aromatic nitrogens is 2. The fourth-order valence-electron chi connectivity index (χ4n) is 3.38. The highest BCUT2D eigenvalue weighted by molar-refractivity contribution is 8.01. The molecule has 1 amide bonds. The minimum absolute atomic E-state index is 0.0737. The molecular formula is C21H20ClN3O3S3. The molecule has 10 heteroatoms. The number of halogens is 1. The van der Waals surface area contributed by atoms with E-state index in [1.165, 1.54) is 28.7 Å². The van der Waals surface area contributed by atoms with Crippen LogP contribution in [0.4, 0.5) is 0 Å². The minimum Gasteiger partial charge on any atom is -0.493 e. The van der Waals surface area contributed by atoms with E-state index in [2.05, 4.69) is 5.10 Å². The summed E-state index contributed by atoms with van der Waals surface area (Å²) in [5, 5.41) is 5.21. The van der Waals surface area contributed by atoms with Crippen molar-refractivity contribution in [1.29, 1.82) is 0 Å². The van der Waals surface area contributed by atoms with Crippen molar-refractivity contribution < 1.29 is 14.3 Å². The van der Waals surface area contributed by atoms with Gasteiger partial charge in [-0.3, -0.25) is 4.79 Å². The molecule has 0 saturated carbocycles. The van der Waals surface area contributed by atoms with Gasteiger partial charge in [-0.15, -0.1) is 5.10 Å². The van der Waals surface area contributed by atoms with Gasteiger partial charge < -0.3 is 14.4 Å². The second kappa shape index (κ2) is 9.60. The van der Waals surface area contributed by atoms with Crippen LogP contribution in [-0.2, 0) is 17.8 Å². The normalized spacial score (nSPS) is 13.1. The van der Waals surface area contributed by atoms with Gasteiger partial charge in [-0.25, -0.2) is 4.68 Å². The van der Waals surface area contributed by atoms with Crippen molar-refractivity contribution in [2.45, 2.75) is 17.3 Å². The molecule has 0 bridgehead atoms. The molecule has 0 aliphatic carbocycles. The SMILES string of the molecule is COc1cc2c(cc1OC)CN(C(=O)CSc1nn(-c3ccc(Cl)cc3)c(=S)s1)CC2. The first-order valence-electron chi connectivity index (χ1n) is 9.49. The van der Waals surface area contributed by atoms with Crippen LogP contribution < -0.4 is 9.47 Å². The number of methoxy groups -OCH3 is 2. The second-order valence-electron chi connectivity index (χ2n) is 6.85. The maximum absolute atomic E-state index is 12.8. The first-order valence-corrected chi connectivity index (χ1v) is 12.1. The van der Waals surface area contributed by atoms with Crippen molar-refractivity contribution in [3.63, 3.8) is 0 Å². The molecule has 0 spiro atoms. The van der Waals surface area contributed by atoms with Gasteiger partial charge in [-0.2, -0.15) is 0 Å². The lowest BCUT2D eigenvalue weighted by atomic mass is 9.99. The molecule has 0 saturated heterocycles. The van der Waals surface area contributed by atoms with Crippen molar-refractivity contribution in [2.75, 3.05) is 26.5 Å². The highest BCUT2D eigenvalue weighted by atomic mass is 35.5. The summed E-state index contributed by atoms with van der Waals surface area (Å²) in [4.78, 5) is 14.7. The van der Waals surface area contributed by atoms with Gasteiger partial charge in [0.2, 0.25) is 5.91 Å². The van der Waals surface area contributed by atoms with Crippen molar-refractivity contribution >= 4 is 52.8 Å². The molecule has 0 radical (unpaired) electrons. The molecule has 2 heterocycles. The summed E-state index contributed by atoms with van der Waals surface area (Å²) in [5.41, 5.74) is 3.12. The number of hydrogen-bond donors (Lipinski definition) is 0. The molecule has 1 aliphatic heterocycles. The Labute approximate surface area is 198 Å². The van der Waals surface area contributed by atoms with Crippen LogP contribution in [0.5, 0.6) is 11.5 Å². The van der Waals surface area contributed by atoms with Crippen LogP contribution in [0.15, 0.2) is 40.7 Å². The van der Waals surface area contributed by atoms with Gasteiger partial charge >= 0.3 is 0 Å². The van der Waals surface area contributed by atoms with E-state index in [9.17, 15) is 4.79 Å². The number of thioether (sulfide) groups is 1. The molecule has 0 fully saturated rings. The molecule has 3 aromatic rings. The molecule has 0 atom stereocenters. The Morgan fingerprint density at radius 3 is 2.55 bits per heavy atom. The zero-order valence-corrected chi connectivity index (χ0v) is 20.2. The topological polar surface area (TPSA) is 56.6 Å². The third-order valence-corrected chi connectivity index (χ3v) is 7.59. The van der Waals surface area contributed by atoms with E-state index in [1.54, 1.807) is 31.0 Å². The predicted octanol–water partition coefficient (Wildman–Crippen LogP) is 5.01. The van der Waals surface area contributed by atoms with E-state index in [4.69, 9.17) is 33.3 Å². The number of carbonyl (C=O) groups excluding carboxylic acids is 1. The number of rotatable bonds is 6. The maximum Gasteiger partial charge on any atom is 0.233 e. The van der Waals surface area contributed by atoms with Crippen LogP contribution >= 0.6 is 46.9 Å². The Morgan fingerprint density at radius 1 is 1.19 bits per heavy atom. The van der Waals surface area contributed by atoms with Crippen LogP contribution in [-0.4, -0.2) is 47.1 Å². The van der Waals surface area contributed by atoms with Crippen LogP contribution in [0.25, 0.3) is 5.69 Å². The molecule has 6 nitrogen and oxygen atoms in total. The van der Waals surface area contributed by atoms with Crippen LogP contribution in [0, 0.1) is 3.95 Å². The largest absolute Gasteiger partial charge is 0.493 e. The lowest BCUT2D eigenvalue weighted by Crippen LogP contribution is -2.37. The van der Waals surface area contributed by atoms with E-state index in [-0.39, 0.29) is 5.91 Å². The standard InChI is InChI=1S/C21H20ClN3O3S3/c1-27-17-9-13-7-8-24(11-14(13)10-18(17)28-2)19(26)12-30-20-23-25(21(29)31-20)16-5-3-15(22)4-6-16/h3-6,9-10H,7-8,11-12H2,1-2H3. The molecular weight excluding hydrogens is 474 g/mol. The average Bonchev–Trinajstić information content (AvgIpc) is 3.16. The Hall–Kier alpha value is -2.07. The Bertz CT molecular complexity index is 1160. The van der Waals surface area contributed by atoms with E-state index in [0.717, 1.165) is 22.0 Å². The van der Waals surface area contributed by atoms with Gasteiger partial charge in [0.05, 0.1) is 25.7 Å². The van der Waals surface area contributed by atoms with Gasteiger partial charge in [-0.05, 0) is 66.2 Å². The minimum atomic E-state index is 0.0737. The summed E-state index contributed by atoms with van der Waals surface area (Å²) in [5.74, 6) is 1.78. The zero-order valence-electron chi connectivity index (χ0n) is 17.0. The van der Waals surface area contributed by atoms with Crippen LogP contribution in [0.1, 0.15) is 11.1 Å². The lowest BCUT2D eigenvalue weighted by molar-refractivity contribution is -0.129. The van der Waals surface area contributed by atoms with E-state index >= 15 is 0 Å². The number of amides is 1. The third-order valence-electron chi connectivity index (χ3n) is 4.99. The summed E-state index contributed by atoms with van der Waals surface area (Å²) in [6, 6.07) is 11.3. The fourth-order valence-corrected chi connectivity index (χ4v) is 5.77. The second-order valence-corrected chi connectivity index (χ2v) is 10.1. The Morgan fingerprint density at radius 2 is 1.87 bits per heavy atom.